The van der Waals surface area contributed by atoms with E-state index in [9.17, 15) is 13.2 Å². The molecule has 0 aliphatic carbocycles. The Labute approximate surface area is 147 Å². The molecule has 0 bridgehead atoms. The van der Waals surface area contributed by atoms with E-state index in [2.05, 4.69) is 10.0 Å². The minimum Gasteiger partial charge on any atom is -0.494 e. The second kappa shape index (κ2) is 8.34. The summed E-state index contributed by atoms with van der Waals surface area (Å²) in [7, 11) is -3.30. The summed E-state index contributed by atoms with van der Waals surface area (Å²) in [5.74, 6) is 0.487. The number of nitrogens with one attached hydrogen (secondary N) is 2. The molecule has 0 aliphatic rings. The van der Waals surface area contributed by atoms with Gasteiger partial charge in [0.25, 0.3) is 0 Å². The van der Waals surface area contributed by atoms with Crippen molar-refractivity contribution in [2.45, 2.75) is 6.92 Å². The maximum Gasteiger partial charge on any atom is 0.248 e. The molecule has 2 N–H and O–H groups in total. The highest BCUT2D eigenvalue weighted by atomic mass is 32.2. The fourth-order valence-electron chi connectivity index (χ4n) is 2.03. The van der Waals surface area contributed by atoms with Crippen molar-refractivity contribution < 1.29 is 17.9 Å². The molecule has 0 saturated heterocycles. The first-order valence-corrected chi connectivity index (χ1v) is 9.54. The molecule has 2 aromatic rings. The average molecular weight is 360 g/mol. The topological polar surface area (TPSA) is 84.5 Å². The first-order valence-electron chi connectivity index (χ1n) is 7.65. The van der Waals surface area contributed by atoms with Gasteiger partial charge in [-0.2, -0.15) is 0 Å². The molecule has 0 radical (unpaired) electrons. The number of benzene rings is 2. The Morgan fingerprint density at radius 3 is 2.20 bits per heavy atom. The van der Waals surface area contributed by atoms with E-state index in [0.717, 1.165) is 17.6 Å². The van der Waals surface area contributed by atoms with Crippen LogP contribution in [-0.2, 0) is 14.8 Å². The van der Waals surface area contributed by atoms with Gasteiger partial charge in [0.2, 0.25) is 15.9 Å². The molecule has 6 nitrogen and oxygen atoms in total. The van der Waals surface area contributed by atoms with Crippen molar-refractivity contribution in [2.24, 2.45) is 0 Å². The molecule has 0 aliphatic heterocycles. The van der Waals surface area contributed by atoms with Crippen molar-refractivity contribution in [3.63, 3.8) is 0 Å². The maximum absolute atomic E-state index is 11.9. The van der Waals surface area contributed by atoms with Gasteiger partial charge in [0.05, 0.1) is 12.9 Å². The molecule has 2 rings (SSSR count). The Hall–Kier alpha value is -2.80. The molecule has 0 fully saturated rings. The van der Waals surface area contributed by atoms with Crippen molar-refractivity contribution in [3.05, 3.63) is 60.2 Å². The smallest absolute Gasteiger partial charge is 0.248 e. The van der Waals surface area contributed by atoms with E-state index in [1.54, 1.807) is 54.6 Å². The molecule has 0 aromatic heterocycles. The second-order valence-electron chi connectivity index (χ2n) is 5.28. The summed E-state index contributed by atoms with van der Waals surface area (Å²) in [6.07, 6.45) is 4.15. The minimum absolute atomic E-state index is 0.262. The number of hydrogen-bond donors (Lipinski definition) is 2. The summed E-state index contributed by atoms with van der Waals surface area (Å²) in [5.41, 5.74) is 1.92. The highest BCUT2D eigenvalue weighted by Crippen LogP contribution is 2.16. The fraction of sp³-hybridized carbons (Fsp3) is 0.167. The normalized spacial score (nSPS) is 11.3. The van der Waals surface area contributed by atoms with Gasteiger partial charge in [-0.25, -0.2) is 8.42 Å². The van der Waals surface area contributed by atoms with Crippen LogP contribution in [0.2, 0.25) is 0 Å². The highest BCUT2D eigenvalue weighted by molar-refractivity contribution is 7.92. The van der Waals surface area contributed by atoms with Crippen molar-refractivity contribution in [1.82, 2.24) is 0 Å². The zero-order valence-corrected chi connectivity index (χ0v) is 14.8. The van der Waals surface area contributed by atoms with Gasteiger partial charge in [0.15, 0.2) is 0 Å². The first kappa shape index (κ1) is 18.5. The van der Waals surface area contributed by atoms with Crippen LogP contribution in [0.15, 0.2) is 54.6 Å². The molecule has 2 aromatic carbocycles. The van der Waals surface area contributed by atoms with E-state index >= 15 is 0 Å². The Morgan fingerprint density at radius 2 is 1.64 bits per heavy atom. The second-order valence-corrected chi connectivity index (χ2v) is 7.02. The molecule has 25 heavy (non-hydrogen) atoms. The molecular formula is C18H20N2O4S. The third kappa shape index (κ3) is 6.68. The van der Waals surface area contributed by atoms with E-state index in [0.29, 0.717) is 18.0 Å². The Kier molecular flexibility index (Phi) is 6.19. The predicted octanol–water partition coefficient (Wildman–Crippen LogP) is 3.11. The van der Waals surface area contributed by atoms with E-state index in [4.69, 9.17) is 4.74 Å². The number of carbonyl (C=O) groups is 1. The van der Waals surface area contributed by atoms with Crippen molar-refractivity contribution >= 4 is 33.4 Å². The molecule has 1 amide bonds. The number of amides is 1. The lowest BCUT2D eigenvalue weighted by atomic mass is 10.2. The summed E-state index contributed by atoms with van der Waals surface area (Å²) in [6.45, 7) is 2.50. The number of hydrogen-bond acceptors (Lipinski definition) is 4. The molecule has 0 unspecified atom stereocenters. The molecule has 0 atom stereocenters. The molecule has 0 spiro atoms. The minimum atomic E-state index is -3.30. The van der Waals surface area contributed by atoms with Gasteiger partial charge >= 0.3 is 0 Å². The monoisotopic (exact) mass is 360 g/mol. The van der Waals surface area contributed by atoms with E-state index in [1.807, 2.05) is 6.92 Å². The van der Waals surface area contributed by atoms with Crippen LogP contribution in [0.4, 0.5) is 11.4 Å². The highest BCUT2D eigenvalue weighted by Gasteiger charge is 2.01. The van der Waals surface area contributed by atoms with Crippen LogP contribution < -0.4 is 14.8 Å². The number of rotatable bonds is 7. The van der Waals surface area contributed by atoms with E-state index in [1.165, 1.54) is 6.08 Å². The zero-order valence-electron chi connectivity index (χ0n) is 14.0. The van der Waals surface area contributed by atoms with Gasteiger partial charge in [-0.05, 0) is 55.0 Å². The summed E-state index contributed by atoms with van der Waals surface area (Å²) in [5, 5.41) is 2.75. The van der Waals surface area contributed by atoms with Crippen LogP contribution in [0.1, 0.15) is 12.5 Å². The quantitative estimate of drug-likeness (QED) is 0.743. The zero-order chi connectivity index (χ0) is 18.3. The van der Waals surface area contributed by atoms with Gasteiger partial charge in [-0.1, -0.05) is 12.1 Å². The van der Waals surface area contributed by atoms with Gasteiger partial charge in [-0.3, -0.25) is 9.52 Å². The summed E-state index contributed by atoms with van der Waals surface area (Å²) < 4.78 is 30.0. The van der Waals surface area contributed by atoms with E-state index < -0.39 is 10.0 Å². The van der Waals surface area contributed by atoms with Crippen molar-refractivity contribution in [1.29, 1.82) is 0 Å². The molecular weight excluding hydrogens is 340 g/mol. The van der Waals surface area contributed by atoms with Crippen LogP contribution in [0.3, 0.4) is 0 Å². The Balaban J connectivity index is 1.93. The van der Waals surface area contributed by atoms with Crippen molar-refractivity contribution in [2.75, 3.05) is 22.9 Å². The first-order chi connectivity index (χ1) is 11.9. The molecule has 0 heterocycles. The summed E-state index contributed by atoms with van der Waals surface area (Å²) in [6, 6.07) is 13.8. The Morgan fingerprint density at radius 1 is 1.04 bits per heavy atom. The van der Waals surface area contributed by atoms with Gasteiger partial charge in [0.1, 0.15) is 5.75 Å². The largest absolute Gasteiger partial charge is 0.494 e. The number of ether oxygens (including phenoxy) is 1. The van der Waals surface area contributed by atoms with Gasteiger partial charge in [0, 0.05) is 17.5 Å². The van der Waals surface area contributed by atoms with Gasteiger partial charge < -0.3 is 10.1 Å². The van der Waals surface area contributed by atoms with Crippen LogP contribution >= 0.6 is 0 Å². The maximum atomic E-state index is 11.9. The summed E-state index contributed by atoms with van der Waals surface area (Å²) >= 11 is 0. The van der Waals surface area contributed by atoms with Crippen molar-refractivity contribution in [3.8, 4) is 5.75 Å². The number of sulfonamides is 1. The lowest BCUT2D eigenvalue weighted by molar-refractivity contribution is -0.111. The van der Waals surface area contributed by atoms with Crippen LogP contribution in [-0.4, -0.2) is 27.2 Å². The lowest BCUT2D eigenvalue weighted by Crippen LogP contribution is -2.09. The average Bonchev–Trinajstić information content (AvgIpc) is 2.55. The SMILES string of the molecule is CCOc1ccc(NC(=O)/C=C/c2ccc(NS(C)(=O)=O)cc2)cc1. The fourth-order valence-corrected chi connectivity index (χ4v) is 2.60. The number of carbonyl (C=O) groups excluding carboxylic acids is 1. The van der Waals surface area contributed by atoms with Crippen LogP contribution in [0.5, 0.6) is 5.75 Å². The predicted molar refractivity (Wildman–Crippen MR) is 100 cm³/mol. The van der Waals surface area contributed by atoms with Crippen LogP contribution in [0.25, 0.3) is 6.08 Å². The lowest BCUT2D eigenvalue weighted by Gasteiger charge is -2.05. The van der Waals surface area contributed by atoms with Crippen LogP contribution in [0, 0.1) is 0 Å². The Bertz CT molecular complexity index is 842. The third-order valence-electron chi connectivity index (χ3n) is 3.07. The summed E-state index contributed by atoms with van der Waals surface area (Å²) in [4.78, 5) is 11.9. The third-order valence-corrected chi connectivity index (χ3v) is 3.68. The standard InChI is InChI=1S/C18H20N2O4S/c1-3-24-17-11-9-15(10-12-17)19-18(21)13-6-14-4-7-16(8-5-14)20-25(2,22)23/h4-13,20H,3H2,1-2H3,(H,19,21)/b13-6+. The number of anilines is 2. The van der Waals surface area contributed by atoms with E-state index in [-0.39, 0.29) is 5.91 Å². The molecule has 0 saturated carbocycles. The molecule has 132 valence electrons. The van der Waals surface area contributed by atoms with Gasteiger partial charge in [-0.15, -0.1) is 0 Å². The molecule has 7 heteroatoms.